The van der Waals surface area contributed by atoms with E-state index < -0.39 is 0 Å². The van der Waals surface area contributed by atoms with Gasteiger partial charge in [0.1, 0.15) is 5.69 Å². The normalized spacial score (nSPS) is 10.0. The van der Waals surface area contributed by atoms with Crippen molar-refractivity contribution in [3.05, 3.63) is 40.9 Å². The third-order valence-electron chi connectivity index (χ3n) is 2.53. The summed E-state index contributed by atoms with van der Waals surface area (Å²) in [5.41, 5.74) is 1.25. The Morgan fingerprint density at radius 1 is 1.14 bits per heavy atom. The maximum atomic E-state index is 12.1. The lowest BCUT2D eigenvalue weighted by Gasteiger charge is -2.05. The number of anilines is 2. The van der Waals surface area contributed by atoms with Gasteiger partial charge in [0.25, 0.3) is 5.91 Å². The Balaban J connectivity index is 2.12. The number of thiazole rings is 1. The predicted molar refractivity (Wildman–Crippen MR) is 80.8 cm³/mol. The Bertz CT molecular complexity index is 709. The summed E-state index contributed by atoms with van der Waals surface area (Å²) in [5.74, 6) is -0.718. The number of nitrogens with zero attached hydrogens (tertiary/aromatic N) is 1. The molecule has 0 radical (unpaired) electrons. The molecule has 2 aromatic rings. The minimum atomic E-state index is -0.355. The molecular weight excluding hydrogens is 290 g/mol. The molecule has 0 fully saturated rings. The average Bonchev–Trinajstić information content (AvgIpc) is 2.87. The maximum absolute atomic E-state index is 12.1. The van der Waals surface area contributed by atoms with E-state index in [0.29, 0.717) is 22.1 Å². The second-order valence-corrected chi connectivity index (χ2v) is 5.17. The first-order valence-electron chi connectivity index (χ1n) is 6.11. The van der Waals surface area contributed by atoms with E-state index in [1.165, 1.54) is 25.2 Å². The zero-order valence-electron chi connectivity index (χ0n) is 11.5. The van der Waals surface area contributed by atoms with Gasteiger partial charge in [0.2, 0.25) is 5.91 Å². The number of Topliss-reactive ketones (excluding diaryl/α,β-unsaturated/α-hetero) is 1. The van der Waals surface area contributed by atoms with Gasteiger partial charge in [-0.1, -0.05) is 6.07 Å². The zero-order chi connectivity index (χ0) is 15.4. The van der Waals surface area contributed by atoms with Crippen molar-refractivity contribution in [1.29, 1.82) is 0 Å². The average molecular weight is 303 g/mol. The molecule has 0 atom stereocenters. The summed E-state index contributed by atoms with van der Waals surface area (Å²) in [6, 6.07) is 6.55. The Labute approximate surface area is 125 Å². The summed E-state index contributed by atoms with van der Waals surface area (Å²) in [6.07, 6.45) is 0. The van der Waals surface area contributed by atoms with E-state index in [1.54, 1.807) is 29.6 Å². The summed E-state index contributed by atoms with van der Waals surface area (Å²) in [6.45, 7) is 2.81. The number of hydrogen-bond acceptors (Lipinski definition) is 5. The molecular formula is C14H13N3O3S. The van der Waals surface area contributed by atoms with Crippen molar-refractivity contribution >= 4 is 39.8 Å². The Morgan fingerprint density at radius 2 is 1.90 bits per heavy atom. The topological polar surface area (TPSA) is 88.2 Å². The van der Waals surface area contributed by atoms with Crippen molar-refractivity contribution in [2.24, 2.45) is 0 Å². The molecule has 6 nitrogen and oxygen atoms in total. The van der Waals surface area contributed by atoms with Crippen molar-refractivity contribution in [2.75, 3.05) is 10.6 Å². The van der Waals surface area contributed by atoms with E-state index in [2.05, 4.69) is 15.6 Å². The minimum absolute atomic E-state index is 0.153. The van der Waals surface area contributed by atoms with E-state index in [1.807, 2.05) is 0 Å². The monoisotopic (exact) mass is 303 g/mol. The van der Waals surface area contributed by atoms with Crippen LogP contribution in [-0.2, 0) is 4.79 Å². The van der Waals surface area contributed by atoms with Crippen LogP contribution in [0.5, 0.6) is 0 Å². The zero-order valence-corrected chi connectivity index (χ0v) is 12.3. The highest BCUT2D eigenvalue weighted by atomic mass is 32.1. The molecule has 0 bridgehead atoms. The number of hydrogen-bond donors (Lipinski definition) is 2. The van der Waals surface area contributed by atoms with Crippen LogP contribution < -0.4 is 10.6 Å². The molecule has 0 aliphatic carbocycles. The molecule has 0 saturated carbocycles. The molecule has 2 amide bonds. The molecule has 2 rings (SSSR count). The van der Waals surface area contributed by atoms with E-state index in [4.69, 9.17) is 0 Å². The molecule has 1 aromatic carbocycles. The van der Waals surface area contributed by atoms with Gasteiger partial charge < -0.3 is 5.32 Å². The molecule has 1 heterocycles. The third-order valence-corrected chi connectivity index (χ3v) is 3.29. The van der Waals surface area contributed by atoms with Gasteiger partial charge in [0.15, 0.2) is 10.9 Å². The van der Waals surface area contributed by atoms with E-state index in [0.717, 1.165) is 0 Å². The quantitative estimate of drug-likeness (QED) is 0.850. The summed E-state index contributed by atoms with van der Waals surface area (Å²) < 4.78 is 0. The number of ketones is 1. The van der Waals surface area contributed by atoms with Gasteiger partial charge in [-0.2, -0.15) is 0 Å². The van der Waals surface area contributed by atoms with Gasteiger partial charge in [-0.25, -0.2) is 4.98 Å². The number of nitrogens with one attached hydrogen (secondary N) is 2. The van der Waals surface area contributed by atoms with Crippen molar-refractivity contribution in [1.82, 2.24) is 4.98 Å². The number of benzene rings is 1. The third kappa shape index (κ3) is 3.96. The van der Waals surface area contributed by atoms with Crippen LogP contribution in [0.4, 0.5) is 10.8 Å². The molecule has 108 valence electrons. The number of carbonyl (C=O) groups excluding carboxylic acids is 3. The summed E-state index contributed by atoms with van der Waals surface area (Å²) in [7, 11) is 0. The van der Waals surface area contributed by atoms with Crippen molar-refractivity contribution in [2.45, 2.75) is 13.8 Å². The molecule has 0 aliphatic rings. The van der Waals surface area contributed by atoms with Crippen LogP contribution >= 0.6 is 11.3 Å². The van der Waals surface area contributed by atoms with Crippen LogP contribution in [0.3, 0.4) is 0 Å². The highest BCUT2D eigenvalue weighted by Crippen LogP contribution is 2.18. The fourth-order valence-corrected chi connectivity index (χ4v) is 2.35. The maximum Gasteiger partial charge on any atom is 0.257 e. The first kappa shape index (κ1) is 14.9. The van der Waals surface area contributed by atoms with Gasteiger partial charge in [0, 0.05) is 30.5 Å². The number of amides is 2. The summed E-state index contributed by atoms with van der Waals surface area (Å²) in [5, 5.41) is 7.17. The Morgan fingerprint density at radius 3 is 2.52 bits per heavy atom. The lowest BCUT2D eigenvalue weighted by atomic mass is 10.2. The molecule has 0 unspecified atom stereocenters. The van der Waals surface area contributed by atoms with E-state index in [9.17, 15) is 14.4 Å². The van der Waals surface area contributed by atoms with E-state index >= 15 is 0 Å². The van der Waals surface area contributed by atoms with Gasteiger partial charge in [-0.3, -0.25) is 19.7 Å². The smallest absolute Gasteiger partial charge is 0.257 e. The number of rotatable bonds is 4. The van der Waals surface area contributed by atoms with Crippen molar-refractivity contribution < 1.29 is 14.4 Å². The molecule has 1 aromatic heterocycles. The lowest BCUT2D eigenvalue weighted by Crippen LogP contribution is -2.13. The first-order valence-corrected chi connectivity index (χ1v) is 6.99. The summed E-state index contributed by atoms with van der Waals surface area (Å²) >= 11 is 1.18. The predicted octanol–water partition coefficient (Wildman–Crippen LogP) is 2.56. The van der Waals surface area contributed by atoms with Crippen LogP contribution in [0.2, 0.25) is 0 Å². The highest BCUT2D eigenvalue weighted by Gasteiger charge is 2.11. The molecule has 0 spiro atoms. The van der Waals surface area contributed by atoms with Crippen LogP contribution in [0.15, 0.2) is 29.6 Å². The van der Waals surface area contributed by atoms with Gasteiger partial charge in [-0.15, -0.1) is 11.3 Å². The number of aromatic nitrogens is 1. The summed E-state index contributed by atoms with van der Waals surface area (Å²) in [4.78, 5) is 38.3. The molecule has 2 N–H and O–H groups in total. The fraction of sp³-hybridized carbons (Fsp3) is 0.143. The van der Waals surface area contributed by atoms with Gasteiger partial charge >= 0.3 is 0 Å². The van der Waals surface area contributed by atoms with Crippen molar-refractivity contribution in [3.63, 3.8) is 0 Å². The Kier molecular flexibility index (Phi) is 4.44. The fourth-order valence-electron chi connectivity index (χ4n) is 1.60. The van der Waals surface area contributed by atoms with Crippen LogP contribution in [0, 0.1) is 0 Å². The second-order valence-electron chi connectivity index (χ2n) is 4.31. The lowest BCUT2D eigenvalue weighted by molar-refractivity contribution is -0.114. The molecule has 0 saturated heterocycles. The molecule has 0 aliphatic heterocycles. The second kappa shape index (κ2) is 6.27. The minimum Gasteiger partial charge on any atom is -0.326 e. The highest BCUT2D eigenvalue weighted by molar-refractivity contribution is 7.14. The van der Waals surface area contributed by atoms with Gasteiger partial charge in [0.05, 0.1) is 0 Å². The SMILES string of the molecule is CC(=O)Nc1cccc(C(=O)Nc2nc(C(C)=O)cs2)c1. The number of carbonyl (C=O) groups is 3. The van der Waals surface area contributed by atoms with Crippen molar-refractivity contribution in [3.8, 4) is 0 Å². The Hall–Kier alpha value is -2.54. The standard InChI is InChI=1S/C14H13N3O3S/c1-8(18)12-7-21-14(16-12)17-13(20)10-4-3-5-11(6-10)15-9(2)19/h3-7H,1-2H3,(H,15,19)(H,16,17,20). The van der Waals surface area contributed by atoms with E-state index in [-0.39, 0.29) is 17.6 Å². The van der Waals surface area contributed by atoms with Crippen LogP contribution in [0.1, 0.15) is 34.7 Å². The van der Waals surface area contributed by atoms with Crippen LogP contribution in [0.25, 0.3) is 0 Å². The van der Waals surface area contributed by atoms with Gasteiger partial charge in [-0.05, 0) is 18.2 Å². The van der Waals surface area contributed by atoms with Crippen LogP contribution in [-0.4, -0.2) is 22.6 Å². The molecule has 7 heteroatoms. The largest absolute Gasteiger partial charge is 0.326 e. The molecule has 21 heavy (non-hydrogen) atoms. The first-order chi connectivity index (χ1) is 9.95.